The highest BCUT2D eigenvalue weighted by Crippen LogP contribution is 2.38. The summed E-state index contributed by atoms with van der Waals surface area (Å²) in [6, 6.07) is 26.8. The molecule has 0 N–H and O–H groups in total. The summed E-state index contributed by atoms with van der Waals surface area (Å²) in [7, 11) is 6.17. The highest BCUT2D eigenvalue weighted by Gasteiger charge is 2.13. The molecular formula is C22H13BO. The predicted octanol–water partition coefficient (Wildman–Crippen LogP) is 5.20. The van der Waals surface area contributed by atoms with Crippen LogP contribution in [0.3, 0.4) is 0 Å². The summed E-state index contributed by atoms with van der Waals surface area (Å²) in [6.45, 7) is 0. The number of furan rings is 1. The number of rotatable bonds is 1. The van der Waals surface area contributed by atoms with Crippen molar-refractivity contribution in [1.82, 2.24) is 0 Å². The van der Waals surface area contributed by atoms with Crippen LogP contribution in [0.15, 0.2) is 83.3 Å². The van der Waals surface area contributed by atoms with Crippen molar-refractivity contribution in [3.63, 3.8) is 0 Å². The zero-order valence-electron chi connectivity index (χ0n) is 13.0. The van der Waals surface area contributed by atoms with E-state index in [1.165, 1.54) is 11.1 Å². The molecule has 0 aliphatic rings. The summed E-state index contributed by atoms with van der Waals surface area (Å²) in [5.41, 5.74) is 4.98. The molecule has 0 saturated heterocycles. The van der Waals surface area contributed by atoms with E-state index in [4.69, 9.17) is 12.3 Å². The third-order valence-corrected chi connectivity index (χ3v) is 4.65. The smallest absolute Gasteiger partial charge is 0.136 e. The van der Waals surface area contributed by atoms with Gasteiger partial charge in [-0.25, -0.2) is 0 Å². The fraction of sp³-hybridized carbons (Fsp3) is 0. The van der Waals surface area contributed by atoms with E-state index in [0.29, 0.717) is 0 Å². The monoisotopic (exact) mass is 304 g/mol. The number of hydrogen-bond donors (Lipinski definition) is 0. The quantitative estimate of drug-likeness (QED) is 0.388. The average Bonchev–Trinajstić information content (AvgIpc) is 3.01. The topological polar surface area (TPSA) is 13.1 Å². The largest absolute Gasteiger partial charge is 0.456 e. The van der Waals surface area contributed by atoms with E-state index in [1.807, 2.05) is 36.4 Å². The molecule has 0 unspecified atom stereocenters. The zero-order valence-corrected chi connectivity index (χ0v) is 13.0. The lowest BCUT2D eigenvalue weighted by molar-refractivity contribution is 0.669. The fourth-order valence-corrected chi connectivity index (χ4v) is 3.56. The summed E-state index contributed by atoms with van der Waals surface area (Å²) in [4.78, 5) is 0. The Kier molecular flexibility index (Phi) is 2.80. The maximum absolute atomic E-state index is 6.17. The van der Waals surface area contributed by atoms with Crippen molar-refractivity contribution in [3.05, 3.63) is 78.9 Å². The third kappa shape index (κ3) is 1.83. The van der Waals surface area contributed by atoms with Gasteiger partial charge in [0.15, 0.2) is 0 Å². The maximum Gasteiger partial charge on any atom is 0.136 e. The van der Waals surface area contributed by atoms with Crippen molar-refractivity contribution in [3.8, 4) is 11.1 Å². The van der Waals surface area contributed by atoms with Gasteiger partial charge in [0.2, 0.25) is 0 Å². The van der Waals surface area contributed by atoms with Crippen LogP contribution in [0.1, 0.15) is 0 Å². The first-order chi connectivity index (χ1) is 11.8. The van der Waals surface area contributed by atoms with Crippen molar-refractivity contribution in [2.45, 2.75) is 0 Å². The van der Waals surface area contributed by atoms with Crippen molar-refractivity contribution >= 4 is 46.0 Å². The van der Waals surface area contributed by atoms with Gasteiger partial charge < -0.3 is 4.42 Å². The minimum absolute atomic E-state index is 0.804. The van der Waals surface area contributed by atoms with Crippen LogP contribution in [0.5, 0.6) is 0 Å². The SMILES string of the molecule is [B]c1ccc(-c2cccc3oc4ccccc4c23)c2ccccc12. The minimum Gasteiger partial charge on any atom is -0.456 e. The Morgan fingerprint density at radius 2 is 1.25 bits per heavy atom. The Labute approximate surface area is 140 Å². The van der Waals surface area contributed by atoms with Gasteiger partial charge in [-0.05, 0) is 34.0 Å². The second kappa shape index (κ2) is 5.00. The minimum atomic E-state index is 0.804. The van der Waals surface area contributed by atoms with E-state index in [0.717, 1.165) is 38.2 Å². The van der Waals surface area contributed by atoms with Crippen LogP contribution in [-0.4, -0.2) is 7.85 Å². The summed E-state index contributed by atoms with van der Waals surface area (Å²) in [5.74, 6) is 0. The first-order valence-corrected chi connectivity index (χ1v) is 8.01. The van der Waals surface area contributed by atoms with Gasteiger partial charge in [-0.15, -0.1) is 0 Å². The molecule has 0 aliphatic carbocycles. The van der Waals surface area contributed by atoms with Crippen LogP contribution in [0.4, 0.5) is 0 Å². The molecule has 1 aromatic heterocycles. The summed E-state index contributed by atoms with van der Waals surface area (Å²) in [5, 5.41) is 4.54. The van der Waals surface area contributed by atoms with Crippen molar-refractivity contribution in [2.24, 2.45) is 0 Å². The van der Waals surface area contributed by atoms with Crippen LogP contribution in [0.25, 0.3) is 43.8 Å². The molecule has 4 aromatic carbocycles. The summed E-state index contributed by atoms with van der Waals surface area (Å²) >= 11 is 0. The van der Waals surface area contributed by atoms with Crippen LogP contribution in [0.2, 0.25) is 0 Å². The molecule has 0 saturated carbocycles. The maximum atomic E-state index is 6.17. The first-order valence-electron chi connectivity index (χ1n) is 8.01. The van der Waals surface area contributed by atoms with Crippen molar-refractivity contribution < 1.29 is 4.42 Å². The van der Waals surface area contributed by atoms with Crippen LogP contribution < -0.4 is 5.46 Å². The van der Waals surface area contributed by atoms with Gasteiger partial charge in [-0.1, -0.05) is 72.2 Å². The molecule has 5 rings (SSSR count). The van der Waals surface area contributed by atoms with Crippen LogP contribution in [-0.2, 0) is 0 Å². The van der Waals surface area contributed by atoms with Gasteiger partial charge >= 0.3 is 0 Å². The lowest BCUT2D eigenvalue weighted by atomic mass is 9.86. The van der Waals surface area contributed by atoms with Crippen molar-refractivity contribution in [1.29, 1.82) is 0 Å². The molecule has 110 valence electrons. The Morgan fingerprint density at radius 3 is 2.12 bits per heavy atom. The van der Waals surface area contributed by atoms with Crippen molar-refractivity contribution in [2.75, 3.05) is 0 Å². The van der Waals surface area contributed by atoms with E-state index in [9.17, 15) is 0 Å². The zero-order chi connectivity index (χ0) is 16.1. The highest BCUT2D eigenvalue weighted by atomic mass is 16.3. The second-order valence-electron chi connectivity index (χ2n) is 6.02. The van der Waals surface area contributed by atoms with Gasteiger partial charge in [0.25, 0.3) is 0 Å². The molecule has 24 heavy (non-hydrogen) atoms. The van der Waals surface area contributed by atoms with E-state index in [2.05, 4.69) is 42.5 Å². The number of para-hydroxylation sites is 1. The molecule has 2 heteroatoms. The molecule has 5 aromatic rings. The Bertz CT molecular complexity index is 1220. The number of fused-ring (bicyclic) bond motifs is 4. The third-order valence-electron chi connectivity index (χ3n) is 4.65. The molecule has 0 bridgehead atoms. The average molecular weight is 304 g/mol. The Morgan fingerprint density at radius 1 is 0.542 bits per heavy atom. The van der Waals surface area contributed by atoms with Crippen LogP contribution in [0, 0.1) is 0 Å². The molecule has 0 amide bonds. The van der Waals surface area contributed by atoms with Gasteiger partial charge in [-0.2, -0.15) is 0 Å². The molecule has 2 radical (unpaired) electrons. The van der Waals surface area contributed by atoms with E-state index in [1.54, 1.807) is 0 Å². The Hall–Kier alpha value is -3.00. The van der Waals surface area contributed by atoms with E-state index >= 15 is 0 Å². The van der Waals surface area contributed by atoms with Gasteiger partial charge in [0, 0.05) is 10.8 Å². The van der Waals surface area contributed by atoms with Gasteiger partial charge in [0.1, 0.15) is 19.0 Å². The molecule has 1 heterocycles. The summed E-state index contributed by atoms with van der Waals surface area (Å²) < 4.78 is 6.03. The number of hydrogen-bond acceptors (Lipinski definition) is 1. The number of benzene rings is 4. The predicted molar refractivity (Wildman–Crippen MR) is 102 cm³/mol. The standard InChI is InChI=1S/C22H13BO/c23-19-13-12-15(14-6-1-2-7-16(14)19)17-9-5-11-21-22(17)18-8-3-4-10-20(18)24-21/h1-13H. The summed E-state index contributed by atoms with van der Waals surface area (Å²) in [6.07, 6.45) is 0. The lowest BCUT2D eigenvalue weighted by Gasteiger charge is -2.10. The fourth-order valence-electron chi connectivity index (χ4n) is 3.56. The Balaban J connectivity index is 1.96. The lowest BCUT2D eigenvalue weighted by Crippen LogP contribution is -2.03. The second-order valence-corrected chi connectivity index (χ2v) is 6.02. The molecule has 0 aliphatic heterocycles. The molecule has 0 fully saturated rings. The molecule has 0 atom stereocenters. The normalized spacial score (nSPS) is 11.5. The van der Waals surface area contributed by atoms with E-state index < -0.39 is 0 Å². The highest BCUT2D eigenvalue weighted by molar-refractivity contribution is 6.39. The molecular weight excluding hydrogens is 291 g/mol. The van der Waals surface area contributed by atoms with Crippen LogP contribution >= 0.6 is 0 Å². The first kappa shape index (κ1) is 13.4. The van der Waals surface area contributed by atoms with Gasteiger partial charge in [-0.3, -0.25) is 0 Å². The molecule has 0 spiro atoms. The van der Waals surface area contributed by atoms with E-state index in [-0.39, 0.29) is 0 Å². The molecule has 1 nitrogen and oxygen atoms in total. The van der Waals surface area contributed by atoms with Gasteiger partial charge in [0.05, 0.1) is 0 Å².